The van der Waals surface area contributed by atoms with E-state index in [-0.39, 0.29) is 35.3 Å². The van der Waals surface area contributed by atoms with E-state index in [1.165, 1.54) is 20.8 Å². The van der Waals surface area contributed by atoms with E-state index in [2.05, 4.69) is 11.3 Å². The maximum Gasteiger partial charge on any atom is 0.471 e. The molecule has 0 bridgehead atoms. The van der Waals surface area contributed by atoms with Gasteiger partial charge in [-0.25, -0.2) is 4.79 Å². The molecule has 0 saturated carbocycles. The molecule has 0 N–H and O–H groups in total. The first-order valence-corrected chi connectivity index (χ1v) is 9.42. The number of hydrogen-bond acceptors (Lipinski definition) is 3. The first kappa shape index (κ1) is 31.4. The molecule has 1 aromatic carbocycles. The van der Waals surface area contributed by atoms with Gasteiger partial charge in [-0.2, -0.15) is 57.1 Å². The highest BCUT2D eigenvalue weighted by Crippen LogP contribution is 2.60. The average molecular weight is 552 g/mol. The summed E-state index contributed by atoms with van der Waals surface area (Å²) >= 11 is 0. The van der Waals surface area contributed by atoms with Gasteiger partial charge in [-0.3, -0.25) is 0 Å². The zero-order valence-electron chi connectivity index (χ0n) is 18.4. The van der Waals surface area contributed by atoms with E-state index in [1.54, 1.807) is 0 Å². The molecule has 0 amide bonds. The van der Waals surface area contributed by atoms with Crippen LogP contribution < -0.4 is 4.74 Å². The van der Waals surface area contributed by atoms with Crippen molar-refractivity contribution in [1.82, 2.24) is 0 Å². The summed E-state index contributed by atoms with van der Waals surface area (Å²) in [7, 11) is 0. The highest BCUT2D eigenvalue weighted by molar-refractivity contribution is 5.86. The van der Waals surface area contributed by atoms with Crippen molar-refractivity contribution in [2.75, 3.05) is 6.61 Å². The summed E-state index contributed by atoms with van der Waals surface area (Å²) in [5, 5.41) is 0. The summed E-state index contributed by atoms with van der Waals surface area (Å²) in [6, 6.07) is 1.10. The van der Waals surface area contributed by atoms with Crippen molar-refractivity contribution in [3.63, 3.8) is 0 Å². The molecule has 0 fully saturated rings. The number of hydrogen-bond donors (Lipinski definition) is 0. The normalized spacial score (nSPS) is 14.0. The van der Waals surface area contributed by atoms with E-state index in [4.69, 9.17) is 4.74 Å². The number of carbonyl (C=O) groups excluding carboxylic acids is 1. The van der Waals surface area contributed by atoms with Crippen LogP contribution in [0.15, 0.2) is 24.3 Å². The molecule has 0 aliphatic rings. The number of halogens is 13. The zero-order chi connectivity index (χ0) is 28.7. The SMILES string of the molecule is C=C(C)C(=O)OCCc1c(C)cc(OC(F)(F)C(F)(F)C(F)(F)C(F)(F)C(F)(F)C(F)(F)F)cc1C. The largest absolute Gasteiger partial charge is 0.471 e. The van der Waals surface area contributed by atoms with Crippen LogP contribution in [-0.2, 0) is 16.0 Å². The monoisotopic (exact) mass is 552 g/mol. The fraction of sp³-hybridized carbons (Fsp3) is 0.550. The lowest BCUT2D eigenvalue weighted by molar-refractivity contribution is -0.456. The summed E-state index contributed by atoms with van der Waals surface area (Å²) in [4.78, 5) is 11.4. The Morgan fingerprint density at radius 1 is 0.778 bits per heavy atom. The van der Waals surface area contributed by atoms with Gasteiger partial charge >= 0.3 is 41.9 Å². The third-order valence-electron chi connectivity index (χ3n) is 4.75. The lowest BCUT2D eigenvalue weighted by Gasteiger charge is -2.39. The summed E-state index contributed by atoms with van der Waals surface area (Å²) in [5.41, 5.74) is 0.256. The molecule has 36 heavy (non-hydrogen) atoms. The molecule has 0 aliphatic carbocycles. The van der Waals surface area contributed by atoms with Crippen molar-refractivity contribution >= 4 is 5.97 Å². The lowest BCUT2D eigenvalue weighted by atomic mass is 9.97. The Kier molecular flexibility index (Phi) is 8.40. The van der Waals surface area contributed by atoms with Crippen LogP contribution in [0.3, 0.4) is 0 Å². The second-order valence-electron chi connectivity index (χ2n) is 7.62. The minimum Gasteiger partial charge on any atom is -0.462 e. The number of ether oxygens (including phenoxy) is 2. The Labute approximate surface area is 194 Å². The molecule has 0 heterocycles. The Morgan fingerprint density at radius 2 is 1.19 bits per heavy atom. The minimum atomic E-state index is -8.01. The molecule has 0 spiro atoms. The molecular formula is C20H17F13O3. The van der Waals surface area contributed by atoms with Crippen LogP contribution in [0.25, 0.3) is 0 Å². The zero-order valence-corrected chi connectivity index (χ0v) is 18.4. The smallest absolute Gasteiger partial charge is 0.462 e. The minimum absolute atomic E-state index is 0.0313. The molecule has 1 rings (SSSR count). The molecule has 0 saturated heterocycles. The van der Waals surface area contributed by atoms with Gasteiger partial charge in [-0.15, -0.1) is 0 Å². The summed E-state index contributed by atoms with van der Waals surface area (Å²) < 4.78 is 180. The maximum absolute atomic E-state index is 14.0. The molecule has 0 atom stereocenters. The fourth-order valence-corrected chi connectivity index (χ4v) is 2.74. The second kappa shape index (κ2) is 9.65. The van der Waals surface area contributed by atoms with E-state index in [0.717, 1.165) is 0 Å². The molecule has 1 aromatic rings. The van der Waals surface area contributed by atoms with Crippen molar-refractivity contribution in [2.24, 2.45) is 0 Å². The van der Waals surface area contributed by atoms with Gasteiger partial charge < -0.3 is 9.47 Å². The molecular weight excluding hydrogens is 535 g/mol. The number of aryl methyl sites for hydroxylation is 2. The van der Waals surface area contributed by atoms with Gasteiger partial charge in [0.15, 0.2) is 0 Å². The molecule has 0 radical (unpaired) electrons. The van der Waals surface area contributed by atoms with Gasteiger partial charge in [-0.05, 0) is 49.6 Å². The molecule has 0 aliphatic heterocycles. The Balaban J connectivity index is 3.29. The van der Waals surface area contributed by atoms with Crippen LogP contribution >= 0.6 is 0 Å². The maximum atomic E-state index is 14.0. The number of rotatable bonds is 10. The van der Waals surface area contributed by atoms with Crippen LogP contribution in [0, 0.1) is 13.8 Å². The Hall–Kier alpha value is -2.68. The van der Waals surface area contributed by atoms with Gasteiger partial charge in [0.25, 0.3) is 0 Å². The van der Waals surface area contributed by atoms with Crippen LogP contribution in [0.4, 0.5) is 57.1 Å². The van der Waals surface area contributed by atoms with Crippen LogP contribution in [-0.4, -0.2) is 48.6 Å². The highest BCUT2D eigenvalue weighted by atomic mass is 19.4. The molecule has 206 valence electrons. The van der Waals surface area contributed by atoms with E-state index < -0.39 is 47.7 Å². The van der Waals surface area contributed by atoms with Gasteiger partial charge in [0.1, 0.15) is 5.75 Å². The molecule has 0 unspecified atom stereocenters. The predicted octanol–water partition coefficient (Wildman–Crippen LogP) is 7.04. The number of carbonyl (C=O) groups is 1. The molecule has 16 heteroatoms. The van der Waals surface area contributed by atoms with Crippen LogP contribution in [0.2, 0.25) is 0 Å². The topological polar surface area (TPSA) is 35.5 Å². The van der Waals surface area contributed by atoms with Crippen molar-refractivity contribution in [3.05, 3.63) is 41.0 Å². The van der Waals surface area contributed by atoms with Gasteiger partial charge in [-0.1, -0.05) is 6.58 Å². The molecule has 0 aromatic heterocycles. The molecule has 3 nitrogen and oxygen atoms in total. The van der Waals surface area contributed by atoms with E-state index in [1.807, 2.05) is 0 Å². The Bertz CT molecular complexity index is 974. The fourth-order valence-electron chi connectivity index (χ4n) is 2.74. The predicted molar refractivity (Wildman–Crippen MR) is 96.8 cm³/mol. The first-order chi connectivity index (χ1) is 15.8. The van der Waals surface area contributed by atoms with Crippen molar-refractivity contribution < 1.29 is 71.3 Å². The van der Waals surface area contributed by atoms with E-state index in [0.29, 0.717) is 12.1 Å². The van der Waals surface area contributed by atoms with Crippen LogP contribution in [0.5, 0.6) is 5.75 Å². The summed E-state index contributed by atoms with van der Waals surface area (Å²) in [5.74, 6) is -33.4. The number of benzene rings is 1. The second-order valence-corrected chi connectivity index (χ2v) is 7.62. The number of esters is 1. The first-order valence-electron chi connectivity index (χ1n) is 9.42. The third-order valence-corrected chi connectivity index (χ3v) is 4.75. The van der Waals surface area contributed by atoms with Crippen molar-refractivity contribution in [2.45, 2.75) is 63.2 Å². The van der Waals surface area contributed by atoms with E-state index >= 15 is 0 Å². The lowest BCUT2D eigenvalue weighted by Crippen LogP contribution is -2.70. The van der Waals surface area contributed by atoms with Crippen molar-refractivity contribution in [1.29, 1.82) is 0 Å². The summed E-state index contributed by atoms with van der Waals surface area (Å²) in [6.07, 6.45) is -14.3. The third kappa shape index (κ3) is 5.36. The Morgan fingerprint density at radius 3 is 1.58 bits per heavy atom. The number of alkyl halides is 13. The average Bonchev–Trinajstić information content (AvgIpc) is 2.67. The van der Waals surface area contributed by atoms with Crippen LogP contribution in [0.1, 0.15) is 23.6 Å². The standard InChI is InChI=1S/C20H17F13O3/c1-9(2)14(34)35-6-5-13-10(3)7-12(8-11(13)4)36-20(32,33)18(27,28)16(23,24)15(21,22)17(25,26)19(29,30)31/h7-8H,1,5-6H2,2-4H3. The van der Waals surface area contributed by atoms with Crippen molar-refractivity contribution in [3.8, 4) is 5.75 Å². The summed E-state index contributed by atoms with van der Waals surface area (Å²) in [6.45, 7) is 6.75. The van der Waals surface area contributed by atoms with Gasteiger partial charge in [0, 0.05) is 12.0 Å². The van der Waals surface area contributed by atoms with Gasteiger partial charge in [0.05, 0.1) is 6.61 Å². The highest BCUT2D eigenvalue weighted by Gasteiger charge is 2.91. The van der Waals surface area contributed by atoms with Gasteiger partial charge in [0.2, 0.25) is 0 Å². The quantitative estimate of drug-likeness (QED) is 0.178. The van der Waals surface area contributed by atoms with E-state index in [9.17, 15) is 61.9 Å².